The third-order valence-electron chi connectivity index (χ3n) is 4.89. The highest BCUT2D eigenvalue weighted by Crippen LogP contribution is 2.25. The Morgan fingerprint density at radius 2 is 1.41 bits per heavy atom. The minimum Gasteiger partial charge on any atom is -0.494 e. The quantitative estimate of drug-likeness (QED) is 0.574. The topological polar surface area (TPSA) is 62.3 Å². The van der Waals surface area contributed by atoms with Gasteiger partial charge in [-0.2, -0.15) is 0 Å². The Hall–Kier alpha value is -3.28. The molecule has 0 radical (unpaired) electrons. The lowest BCUT2D eigenvalue weighted by Crippen LogP contribution is -2.17. The van der Waals surface area contributed by atoms with E-state index >= 15 is 0 Å². The van der Waals surface area contributed by atoms with Crippen molar-refractivity contribution in [3.8, 4) is 5.75 Å². The van der Waals surface area contributed by atoms with Crippen LogP contribution in [0.15, 0.2) is 54.6 Å². The molecule has 0 spiro atoms. The Balaban J connectivity index is 1.45. The number of rotatable bonds is 7. The van der Waals surface area contributed by atoms with E-state index in [-0.39, 0.29) is 0 Å². The molecule has 0 bridgehead atoms. The number of nitrogens with one attached hydrogen (secondary N) is 2. The van der Waals surface area contributed by atoms with Crippen molar-refractivity contribution in [2.24, 2.45) is 0 Å². The van der Waals surface area contributed by atoms with Gasteiger partial charge in [0, 0.05) is 36.2 Å². The third-order valence-corrected chi connectivity index (χ3v) is 4.89. The highest BCUT2D eigenvalue weighted by molar-refractivity contribution is 5.65. The van der Waals surface area contributed by atoms with E-state index < -0.39 is 0 Å². The van der Waals surface area contributed by atoms with Gasteiger partial charge < -0.3 is 20.3 Å². The molecule has 1 aromatic heterocycles. The molecule has 0 unspecified atom stereocenters. The van der Waals surface area contributed by atoms with Crippen molar-refractivity contribution in [3.63, 3.8) is 0 Å². The molecular weight excluding hydrogens is 362 g/mol. The van der Waals surface area contributed by atoms with E-state index in [0.717, 1.165) is 41.8 Å². The fraction of sp³-hybridized carbons (Fsp3) is 0.304. The van der Waals surface area contributed by atoms with Crippen LogP contribution in [0.5, 0.6) is 5.75 Å². The summed E-state index contributed by atoms with van der Waals surface area (Å²) in [6.07, 6.45) is 2.56. The molecule has 1 aliphatic heterocycles. The third kappa shape index (κ3) is 4.96. The summed E-state index contributed by atoms with van der Waals surface area (Å²) >= 11 is 0. The molecule has 6 nitrogen and oxygen atoms in total. The second-order valence-corrected chi connectivity index (χ2v) is 7.13. The molecule has 0 saturated carbocycles. The second-order valence-electron chi connectivity index (χ2n) is 7.13. The van der Waals surface area contributed by atoms with Gasteiger partial charge in [-0.15, -0.1) is 0 Å². The summed E-state index contributed by atoms with van der Waals surface area (Å²) in [7, 11) is 0. The molecule has 1 fully saturated rings. The number of hydrogen-bond donors (Lipinski definition) is 2. The fourth-order valence-corrected chi connectivity index (χ4v) is 3.52. The van der Waals surface area contributed by atoms with E-state index in [1.165, 1.54) is 18.5 Å². The van der Waals surface area contributed by atoms with Crippen molar-refractivity contribution in [3.05, 3.63) is 60.4 Å². The normalized spacial score (nSPS) is 13.4. The van der Waals surface area contributed by atoms with Crippen molar-refractivity contribution in [1.29, 1.82) is 0 Å². The van der Waals surface area contributed by atoms with Crippen molar-refractivity contribution in [2.75, 3.05) is 35.2 Å². The lowest BCUT2D eigenvalue weighted by Gasteiger charge is -2.18. The fourth-order valence-electron chi connectivity index (χ4n) is 3.52. The zero-order chi connectivity index (χ0) is 20.1. The summed E-state index contributed by atoms with van der Waals surface area (Å²) in [5.74, 6) is 3.08. The average Bonchev–Trinajstić information content (AvgIpc) is 3.25. The van der Waals surface area contributed by atoms with Gasteiger partial charge in [-0.05, 0) is 75.2 Å². The van der Waals surface area contributed by atoms with Gasteiger partial charge in [0.1, 0.15) is 23.2 Å². The monoisotopic (exact) mass is 389 g/mol. The van der Waals surface area contributed by atoms with Gasteiger partial charge in [-0.3, -0.25) is 0 Å². The van der Waals surface area contributed by atoms with Gasteiger partial charge >= 0.3 is 0 Å². The molecule has 4 rings (SSSR count). The molecule has 0 aliphatic carbocycles. The number of ether oxygens (including phenoxy) is 1. The van der Waals surface area contributed by atoms with Crippen LogP contribution >= 0.6 is 0 Å². The van der Waals surface area contributed by atoms with Gasteiger partial charge in [0.15, 0.2) is 0 Å². The van der Waals surface area contributed by atoms with Gasteiger partial charge in [0.2, 0.25) is 0 Å². The Bertz CT molecular complexity index is 934. The molecule has 3 aromatic rings. The first kappa shape index (κ1) is 19.1. The second kappa shape index (κ2) is 8.82. The van der Waals surface area contributed by atoms with E-state index in [4.69, 9.17) is 4.74 Å². The lowest BCUT2D eigenvalue weighted by atomic mass is 10.2. The average molecular weight is 390 g/mol. The molecular formula is C23H27N5O. The molecule has 2 N–H and O–H groups in total. The zero-order valence-corrected chi connectivity index (χ0v) is 17.0. The number of nitrogens with zero attached hydrogens (tertiary/aromatic N) is 3. The Labute approximate surface area is 172 Å². The zero-order valence-electron chi connectivity index (χ0n) is 17.0. The summed E-state index contributed by atoms with van der Waals surface area (Å²) in [5.41, 5.74) is 3.25. The van der Waals surface area contributed by atoms with Crippen LogP contribution in [0.4, 0.5) is 28.7 Å². The van der Waals surface area contributed by atoms with Gasteiger partial charge in [0.05, 0.1) is 6.61 Å². The van der Waals surface area contributed by atoms with Gasteiger partial charge in [0.25, 0.3) is 0 Å². The van der Waals surface area contributed by atoms with Crippen LogP contribution < -0.4 is 20.3 Å². The standard InChI is InChI=1S/C23H27N5O/c1-3-29-21-12-8-19(9-13-21)27-23-16-22(24-17(2)25-23)26-18-6-10-20(11-7-18)28-14-4-5-15-28/h6-13,16H,3-5,14-15H2,1-2H3,(H2,24,25,26,27). The molecule has 0 amide bonds. The number of aromatic nitrogens is 2. The van der Waals surface area contributed by atoms with Crippen molar-refractivity contribution in [1.82, 2.24) is 9.97 Å². The summed E-state index contributed by atoms with van der Waals surface area (Å²) in [6, 6.07) is 18.3. The van der Waals surface area contributed by atoms with E-state index in [2.05, 4.69) is 49.8 Å². The molecule has 0 atom stereocenters. The molecule has 150 valence electrons. The van der Waals surface area contributed by atoms with Crippen molar-refractivity contribution >= 4 is 28.7 Å². The van der Waals surface area contributed by atoms with Gasteiger partial charge in [-0.1, -0.05) is 0 Å². The van der Waals surface area contributed by atoms with Crippen LogP contribution in [-0.2, 0) is 0 Å². The van der Waals surface area contributed by atoms with E-state index in [1.54, 1.807) is 0 Å². The number of aryl methyl sites for hydroxylation is 1. The van der Waals surface area contributed by atoms with Crippen molar-refractivity contribution < 1.29 is 4.74 Å². The first-order chi connectivity index (χ1) is 14.2. The maximum Gasteiger partial charge on any atom is 0.136 e. The number of anilines is 5. The highest BCUT2D eigenvalue weighted by atomic mass is 16.5. The Morgan fingerprint density at radius 1 is 0.862 bits per heavy atom. The molecule has 29 heavy (non-hydrogen) atoms. The molecule has 1 saturated heterocycles. The maximum atomic E-state index is 5.49. The van der Waals surface area contributed by atoms with Gasteiger partial charge in [-0.25, -0.2) is 9.97 Å². The molecule has 1 aliphatic rings. The molecule has 2 heterocycles. The minimum absolute atomic E-state index is 0.659. The summed E-state index contributed by atoms with van der Waals surface area (Å²) in [5, 5.41) is 6.72. The van der Waals surface area contributed by atoms with Crippen LogP contribution in [0.2, 0.25) is 0 Å². The van der Waals surface area contributed by atoms with Crippen LogP contribution in [0, 0.1) is 6.92 Å². The minimum atomic E-state index is 0.659. The maximum absolute atomic E-state index is 5.49. The van der Waals surface area contributed by atoms with E-state index in [9.17, 15) is 0 Å². The summed E-state index contributed by atoms with van der Waals surface area (Å²) in [6.45, 7) is 6.83. The predicted molar refractivity (Wildman–Crippen MR) is 119 cm³/mol. The lowest BCUT2D eigenvalue weighted by molar-refractivity contribution is 0.340. The number of benzene rings is 2. The van der Waals surface area contributed by atoms with Crippen LogP contribution in [0.1, 0.15) is 25.6 Å². The highest BCUT2D eigenvalue weighted by Gasteiger charge is 2.12. The predicted octanol–water partition coefficient (Wildman–Crippen LogP) is 5.27. The Kier molecular flexibility index (Phi) is 5.79. The molecule has 2 aromatic carbocycles. The summed E-state index contributed by atoms with van der Waals surface area (Å²) < 4.78 is 5.49. The Morgan fingerprint density at radius 3 is 1.97 bits per heavy atom. The van der Waals surface area contributed by atoms with Crippen molar-refractivity contribution in [2.45, 2.75) is 26.7 Å². The van der Waals surface area contributed by atoms with Crippen LogP contribution in [-0.4, -0.2) is 29.7 Å². The van der Waals surface area contributed by atoms with Crippen LogP contribution in [0.3, 0.4) is 0 Å². The largest absolute Gasteiger partial charge is 0.494 e. The van der Waals surface area contributed by atoms with E-state index in [1.807, 2.05) is 44.2 Å². The molecule has 6 heteroatoms. The first-order valence-electron chi connectivity index (χ1n) is 10.2. The first-order valence-corrected chi connectivity index (χ1v) is 10.2. The summed E-state index contributed by atoms with van der Waals surface area (Å²) in [4.78, 5) is 11.4. The SMILES string of the molecule is CCOc1ccc(Nc2cc(Nc3ccc(N4CCCC4)cc3)nc(C)n2)cc1. The number of hydrogen-bond acceptors (Lipinski definition) is 6. The van der Waals surface area contributed by atoms with Crippen LogP contribution in [0.25, 0.3) is 0 Å². The smallest absolute Gasteiger partial charge is 0.136 e. The van der Waals surface area contributed by atoms with E-state index in [0.29, 0.717) is 12.4 Å².